The van der Waals surface area contributed by atoms with Crippen molar-refractivity contribution in [2.24, 2.45) is 0 Å². The van der Waals surface area contributed by atoms with Crippen molar-refractivity contribution >= 4 is 23.1 Å². The van der Waals surface area contributed by atoms with Gasteiger partial charge in [-0.15, -0.1) is 11.3 Å². The van der Waals surface area contributed by atoms with Gasteiger partial charge < -0.3 is 11.1 Å². The fourth-order valence-electron chi connectivity index (χ4n) is 4.05. The average molecular weight is 490 g/mol. The van der Waals surface area contributed by atoms with Gasteiger partial charge in [-0.25, -0.2) is 9.78 Å². The van der Waals surface area contributed by atoms with Gasteiger partial charge in [0, 0.05) is 11.9 Å². The van der Waals surface area contributed by atoms with Gasteiger partial charge >= 0.3 is 5.69 Å². The predicted octanol–water partition coefficient (Wildman–Crippen LogP) is 3.14. The quantitative estimate of drug-likeness (QED) is 0.395. The van der Waals surface area contributed by atoms with E-state index >= 15 is 0 Å². The van der Waals surface area contributed by atoms with E-state index in [0.717, 1.165) is 20.7 Å². The van der Waals surface area contributed by atoms with Crippen molar-refractivity contribution in [3.63, 3.8) is 0 Å². The van der Waals surface area contributed by atoms with Gasteiger partial charge in [0.05, 0.1) is 16.7 Å². The van der Waals surface area contributed by atoms with Gasteiger partial charge in [0.2, 0.25) is 5.91 Å². The zero-order valence-electron chi connectivity index (χ0n) is 19.6. The lowest BCUT2D eigenvalue weighted by atomic mass is 9.99. The Bertz CT molecular complexity index is 1440. The van der Waals surface area contributed by atoms with Crippen molar-refractivity contribution in [2.75, 3.05) is 5.73 Å². The van der Waals surface area contributed by atoms with Crippen molar-refractivity contribution in [1.29, 1.82) is 0 Å². The Kier molecular flexibility index (Phi) is 7.26. The van der Waals surface area contributed by atoms with Crippen LogP contribution in [-0.2, 0) is 24.3 Å². The van der Waals surface area contributed by atoms with Crippen molar-refractivity contribution in [2.45, 2.75) is 39.4 Å². The number of benzene rings is 2. The molecular formula is C26H27N5O3S. The van der Waals surface area contributed by atoms with Crippen molar-refractivity contribution in [3.05, 3.63) is 103 Å². The van der Waals surface area contributed by atoms with Crippen molar-refractivity contribution < 1.29 is 4.79 Å². The Labute approximate surface area is 206 Å². The van der Waals surface area contributed by atoms with Gasteiger partial charge in [0.25, 0.3) is 5.56 Å². The number of rotatable bonds is 8. The highest BCUT2D eigenvalue weighted by atomic mass is 32.1. The molecule has 9 heteroatoms. The zero-order valence-corrected chi connectivity index (χ0v) is 20.4. The summed E-state index contributed by atoms with van der Waals surface area (Å²) in [6.07, 6.45) is 0.565. The summed E-state index contributed by atoms with van der Waals surface area (Å²) in [5, 5.41) is 5.50. The van der Waals surface area contributed by atoms with E-state index in [4.69, 9.17) is 5.73 Å². The predicted molar refractivity (Wildman–Crippen MR) is 138 cm³/mol. The molecule has 0 bridgehead atoms. The lowest BCUT2D eigenvalue weighted by molar-refractivity contribution is -0.122. The van der Waals surface area contributed by atoms with Gasteiger partial charge in [-0.2, -0.15) is 0 Å². The molecule has 0 saturated heterocycles. The second kappa shape index (κ2) is 10.5. The van der Waals surface area contributed by atoms with E-state index in [9.17, 15) is 14.4 Å². The van der Waals surface area contributed by atoms with Crippen LogP contribution in [0, 0.1) is 6.92 Å². The number of carbonyl (C=O) groups is 1. The second-order valence-electron chi connectivity index (χ2n) is 8.15. The fourth-order valence-corrected chi connectivity index (χ4v) is 4.65. The molecule has 0 aliphatic heterocycles. The molecule has 2 heterocycles. The van der Waals surface area contributed by atoms with E-state index in [1.54, 1.807) is 12.3 Å². The van der Waals surface area contributed by atoms with Gasteiger partial charge in [-0.3, -0.25) is 18.7 Å². The van der Waals surface area contributed by atoms with Crippen molar-refractivity contribution in [3.8, 4) is 11.3 Å². The van der Waals surface area contributed by atoms with Crippen LogP contribution in [0.3, 0.4) is 0 Å². The maximum absolute atomic E-state index is 13.3. The van der Waals surface area contributed by atoms with Gasteiger partial charge in [-0.1, -0.05) is 60.7 Å². The molecule has 1 amide bonds. The van der Waals surface area contributed by atoms with Crippen LogP contribution in [0.4, 0.5) is 5.82 Å². The Morgan fingerprint density at radius 3 is 2.31 bits per heavy atom. The molecule has 0 fully saturated rings. The highest BCUT2D eigenvalue weighted by molar-refractivity contribution is 7.09. The number of hydrogen-bond donors (Lipinski definition) is 2. The number of nitrogens with two attached hydrogens (primary N) is 1. The Morgan fingerprint density at radius 2 is 1.71 bits per heavy atom. The molecule has 180 valence electrons. The molecule has 4 aromatic rings. The summed E-state index contributed by atoms with van der Waals surface area (Å²) in [4.78, 5) is 43.9. The third kappa shape index (κ3) is 5.25. The van der Waals surface area contributed by atoms with E-state index < -0.39 is 23.7 Å². The third-order valence-electron chi connectivity index (χ3n) is 5.78. The van der Waals surface area contributed by atoms with Crippen molar-refractivity contribution in [1.82, 2.24) is 19.4 Å². The molecule has 0 aliphatic rings. The normalized spacial score (nSPS) is 11.8. The first-order valence-electron chi connectivity index (χ1n) is 11.3. The number of aromatic nitrogens is 3. The maximum Gasteiger partial charge on any atom is 0.333 e. The molecule has 35 heavy (non-hydrogen) atoms. The van der Waals surface area contributed by atoms with Gasteiger partial charge in [0.1, 0.15) is 17.9 Å². The van der Waals surface area contributed by atoms with E-state index in [1.807, 2.05) is 67.6 Å². The molecule has 0 unspecified atom stereocenters. The monoisotopic (exact) mass is 489 g/mol. The van der Waals surface area contributed by atoms with Crippen LogP contribution in [-0.4, -0.2) is 20.0 Å². The lowest BCUT2D eigenvalue weighted by Crippen LogP contribution is -2.45. The molecule has 0 aliphatic carbocycles. The summed E-state index contributed by atoms with van der Waals surface area (Å²) in [5.74, 6) is -0.391. The molecule has 4 rings (SSSR count). The number of hydrogen-bond acceptors (Lipinski definition) is 6. The first-order chi connectivity index (χ1) is 16.9. The molecule has 0 saturated carbocycles. The minimum absolute atomic E-state index is 0.0516. The number of amides is 1. The van der Waals surface area contributed by atoms with Gasteiger partial charge in [0.15, 0.2) is 0 Å². The van der Waals surface area contributed by atoms with Crippen LogP contribution in [0.2, 0.25) is 0 Å². The molecule has 2 aromatic carbocycles. The number of carbonyl (C=O) groups excluding carboxylic acids is 1. The molecular weight excluding hydrogens is 462 g/mol. The van der Waals surface area contributed by atoms with E-state index in [2.05, 4.69) is 10.3 Å². The molecule has 3 N–H and O–H groups in total. The Morgan fingerprint density at radius 1 is 1.06 bits per heavy atom. The molecule has 8 nitrogen and oxygen atoms in total. The van der Waals surface area contributed by atoms with Crippen LogP contribution in [0.15, 0.2) is 75.6 Å². The smallest absolute Gasteiger partial charge is 0.333 e. The lowest BCUT2D eigenvalue weighted by Gasteiger charge is -2.20. The van der Waals surface area contributed by atoms with Crippen LogP contribution < -0.4 is 22.3 Å². The molecule has 2 aromatic heterocycles. The van der Waals surface area contributed by atoms with E-state index in [1.165, 1.54) is 15.9 Å². The highest BCUT2D eigenvalue weighted by Crippen LogP contribution is 2.23. The molecule has 0 radical (unpaired) electrons. The largest absolute Gasteiger partial charge is 0.384 e. The topological polar surface area (TPSA) is 112 Å². The SMILES string of the molecule is CCn1c(N)c(-c2csc(C)n2)c(=O)n(CC(=O)N[C@@H](Cc2ccccc2)c2ccccc2)c1=O. The van der Waals surface area contributed by atoms with Crippen LogP contribution in [0.1, 0.15) is 29.1 Å². The zero-order chi connectivity index (χ0) is 24.9. The summed E-state index contributed by atoms with van der Waals surface area (Å²) >= 11 is 1.38. The minimum Gasteiger partial charge on any atom is -0.384 e. The molecule has 1 atom stereocenters. The number of nitrogens with one attached hydrogen (secondary N) is 1. The van der Waals surface area contributed by atoms with Crippen LogP contribution in [0.25, 0.3) is 11.3 Å². The number of nitrogen functional groups attached to an aromatic ring is 1. The highest BCUT2D eigenvalue weighted by Gasteiger charge is 2.22. The molecule has 0 spiro atoms. The van der Waals surface area contributed by atoms with E-state index in [0.29, 0.717) is 12.1 Å². The third-order valence-corrected chi connectivity index (χ3v) is 6.55. The summed E-state index contributed by atoms with van der Waals surface area (Å²) in [6, 6.07) is 19.1. The number of thiazole rings is 1. The van der Waals surface area contributed by atoms with E-state index in [-0.39, 0.29) is 24.0 Å². The van der Waals surface area contributed by atoms with Gasteiger partial charge in [-0.05, 0) is 31.4 Å². The number of aryl methyl sites for hydroxylation is 1. The van der Waals surface area contributed by atoms with Crippen LogP contribution >= 0.6 is 11.3 Å². The first-order valence-corrected chi connectivity index (χ1v) is 12.2. The summed E-state index contributed by atoms with van der Waals surface area (Å²) in [5.41, 5.74) is 7.46. The fraction of sp³-hybridized carbons (Fsp3) is 0.231. The standard InChI is InChI=1S/C26H27N5O3S/c1-3-30-24(27)23(21-16-35-17(2)28-21)25(33)31(26(30)34)15-22(32)29-20(19-12-8-5-9-13-19)14-18-10-6-4-7-11-18/h4-13,16,20H,3,14-15,27H2,1-2H3,(H,29,32)/t20-/m0/s1. The average Bonchev–Trinajstić information content (AvgIpc) is 3.28. The Hall–Kier alpha value is -3.98. The first kappa shape index (κ1) is 24.2. The minimum atomic E-state index is -0.628. The number of anilines is 1. The number of nitrogens with zero attached hydrogens (tertiary/aromatic N) is 3. The second-order valence-corrected chi connectivity index (χ2v) is 9.21. The summed E-state index contributed by atoms with van der Waals surface area (Å²) < 4.78 is 2.22. The summed E-state index contributed by atoms with van der Waals surface area (Å²) in [6.45, 7) is 3.41. The maximum atomic E-state index is 13.3. The van der Waals surface area contributed by atoms with Crippen LogP contribution in [0.5, 0.6) is 0 Å². The summed E-state index contributed by atoms with van der Waals surface area (Å²) in [7, 11) is 0. The Balaban J connectivity index is 1.68.